The van der Waals surface area contributed by atoms with Crippen LogP contribution >= 0.6 is 11.6 Å². The fourth-order valence-electron chi connectivity index (χ4n) is 1.68. The average Bonchev–Trinajstić information content (AvgIpc) is 2.29. The molecule has 0 saturated carbocycles. The molecule has 0 saturated heterocycles. The summed E-state index contributed by atoms with van der Waals surface area (Å²) in [5, 5.41) is 12.0. The second-order valence-electron chi connectivity index (χ2n) is 3.68. The predicted molar refractivity (Wildman–Crippen MR) is 62.0 cm³/mol. The van der Waals surface area contributed by atoms with E-state index in [1.807, 2.05) is 0 Å². The van der Waals surface area contributed by atoms with Gasteiger partial charge in [0.15, 0.2) is 5.75 Å². The topological polar surface area (TPSA) is 19.9 Å². The second kappa shape index (κ2) is 4.53. The van der Waals surface area contributed by atoms with Crippen LogP contribution in [0.15, 0.2) is 42.5 Å². The summed E-state index contributed by atoms with van der Waals surface area (Å²) >= 11 is 5.67. The highest BCUT2D eigenvalue weighted by Crippen LogP contribution is 2.41. The molecule has 18 heavy (non-hydrogen) atoms. The van der Waals surface area contributed by atoms with E-state index in [2.05, 4.69) is 0 Å². The Morgan fingerprint density at radius 1 is 0.944 bits per heavy atom. The van der Waals surface area contributed by atoms with Crippen LogP contribution in [0, 0.1) is 0 Å². The quantitative estimate of drug-likeness (QED) is 0.682. The summed E-state index contributed by atoms with van der Waals surface area (Å²) in [6.07, 6.45) is -4.56. The molecule has 0 aliphatic rings. The molecule has 0 spiro atoms. The van der Waals surface area contributed by atoms with Crippen LogP contribution in [0.25, 0.3) is 11.1 Å². The number of hydrogen-bond donors (Lipinski definition) is 0. The first-order valence-electron chi connectivity index (χ1n) is 5.03. The third kappa shape index (κ3) is 2.43. The smallest absolute Gasteiger partial charge is 0.289 e. The van der Waals surface area contributed by atoms with Gasteiger partial charge in [-0.25, -0.2) is 0 Å². The van der Waals surface area contributed by atoms with Crippen LogP contribution in [0.3, 0.4) is 0 Å². The maximum atomic E-state index is 12.8. The highest BCUT2D eigenvalue weighted by molar-refractivity contribution is 6.30. The molecular weight excluding hydrogens is 265 g/mol. The first-order chi connectivity index (χ1) is 8.39. The van der Waals surface area contributed by atoms with E-state index >= 15 is 0 Å². The van der Waals surface area contributed by atoms with Gasteiger partial charge in [0.25, 0.3) is 0 Å². The van der Waals surface area contributed by atoms with Crippen LogP contribution in [0.1, 0.15) is 5.56 Å². The van der Waals surface area contributed by atoms with Gasteiger partial charge in [-0.2, -0.15) is 13.2 Å². The lowest BCUT2D eigenvalue weighted by Crippen LogP contribution is -2.06. The van der Waals surface area contributed by atoms with Crippen molar-refractivity contribution >= 4 is 11.6 Å². The molecule has 1 nitrogen and oxygen atoms in total. The first-order valence-corrected chi connectivity index (χ1v) is 5.40. The molecule has 0 heterocycles. The van der Waals surface area contributed by atoms with Crippen molar-refractivity contribution in [2.24, 2.45) is 0 Å². The minimum absolute atomic E-state index is 0.206. The summed E-state index contributed by atoms with van der Waals surface area (Å²) in [6, 6.07) is 8.80. The summed E-state index contributed by atoms with van der Waals surface area (Å²) in [5.74, 6) is -0.660. The molecular formula is C13H7ClF3O. The molecule has 2 rings (SSSR count). The van der Waals surface area contributed by atoms with E-state index in [0.717, 1.165) is 18.2 Å². The summed E-state index contributed by atoms with van der Waals surface area (Å²) in [7, 11) is 0. The Labute approximate surface area is 106 Å². The van der Waals surface area contributed by atoms with Crippen molar-refractivity contribution in [2.45, 2.75) is 6.18 Å². The van der Waals surface area contributed by atoms with Crippen molar-refractivity contribution in [1.29, 1.82) is 0 Å². The highest BCUT2D eigenvalue weighted by Gasteiger charge is 2.35. The third-order valence-corrected chi connectivity index (χ3v) is 2.72. The summed E-state index contributed by atoms with van der Waals surface area (Å²) in [6.45, 7) is 0. The van der Waals surface area contributed by atoms with Gasteiger partial charge in [0.2, 0.25) is 0 Å². The van der Waals surface area contributed by atoms with Crippen LogP contribution < -0.4 is 0 Å². The Hall–Kier alpha value is -1.68. The van der Waals surface area contributed by atoms with Gasteiger partial charge in [0.1, 0.15) is 0 Å². The van der Waals surface area contributed by atoms with Crippen LogP contribution in [-0.2, 0) is 11.3 Å². The number of hydrogen-bond acceptors (Lipinski definition) is 0. The van der Waals surface area contributed by atoms with Gasteiger partial charge >= 0.3 is 6.18 Å². The molecule has 2 aromatic rings. The van der Waals surface area contributed by atoms with Gasteiger partial charge in [-0.1, -0.05) is 29.8 Å². The predicted octanol–water partition coefficient (Wildman–Crippen LogP) is 5.17. The van der Waals surface area contributed by atoms with Crippen molar-refractivity contribution in [2.75, 3.05) is 0 Å². The molecule has 2 aromatic carbocycles. The SMILES string of the molecule is [O]c1cccc(C(F)(F)F)c1-c1ccc(Cl)cc1. The normalized spacial score (nSPS) is 11.6. The Kier molecular flexibility index (Phi) is 3.22. The molecule has 93 valence electrons. The van der Waals surface area contributed by atoms with Gasteiger partial charge in [-0.15, -0.1) is 0 Å². The highest BCUT2D eigenvalue weighted by atomic mass is 35.5. The summed E-state index contributed by atoms with van der Waals surface area (Å²) in [5.41, 5.74) is -1.07. The summed E-state index contributed by atoms with van der Waals surface area (Å²) in [4.78, 5) is 0. The van der Waals surface area contributed by atoms with Crippen LogP contribution in [0.4, 0.5) is 13.2 Å². The lowest BCUT2D eigenvalue weighted by Gasteiger charge is -2.13. The Balaban J connectivity index is 2.66. The van der Waals surface area contributed by atoms with Crippen molar-refractivity contribution in [3.8, 4) is 16.9 Å². The molecule has 0 fully saturated rings. The van der Waals surface area contributed by atoms with Gasteiger partial charge in [-0.3, -0.25) is 5.11 Å². The monoisotopic (exact) mass is 271 g/mol. The molecule has 0 aliphatic heterocycles. The fourth-order valence-corrected chi connectivity index (χ4v) is 1.81. The zero-order valence-electron chi connectivity index (χ0n) is 8.96. The van der Waals surface area contributed by atoms with Crippen molar-refractivity contribution < 1.29 is 18.3 Å². The van der Waals surface area contributed by atoms with E-state index in [9.17, 15) is 18.3 Å². The van der Waals surface area contributed by atoms with Crippen LogP contribution in [0.2, 0.25) is 5.02 Å². The Morgan fingerprint density at radius 2 is 1.56 bits per heavy atom. The molecule has 0 bridgehead atoms. The number of benzene rings is 2. The largest absolute Gasteiger partial charge is 0.417 e. The standard InChI is InChI=1S/C13H7ClF3O/c14-9-6-4-8(5-7-9)12-10(13(15,16)17)2-1-3-11(12)18/h1-7H. The average molecular weight is 272 g/mol. The molecule has 0 aliphatic carbocycles. The molecule has 0 unspecified atom stereocenters. The lowest BCUT2D eigenvalue weighted by atomic mass is 9.98. The zero-order valence-corrected chi connectivity index (χ0v) is 9.72. The molecule has 1 radical (unpaired) electrons. The summed E-state index contributed by atoms with van der Waals surface area (Å²) < 4.78 is 38.5. The molecule has 0 N–H and O–H groups in total. The minimum atomic E-state index is -4.56. The van der Waals surface area contributed by atoms with Gasteiger partial charge < -0.3 is 0 Å². The third-order valence-electron chi connectivity index (χ3n) is 2.46. The van der Waals surface area contributed by atoms with Gasteiger partial charge in [0.05, 0.1) is 5.56 Å². The van der Waals surface area contributed by atoms with Crippen LogP contribution in [-0.4, -0.2) is 0 Å². The Bertz CT molecular complexity index is 561. The fraction of sp³-hybridized carbons (Fsp3) is 0.0769. The van der Waals surface area contributed by atoms with E-state index in [1.54, 1.807) is 0 Å². The van der Waals surface area contributed by atoms with E-state index < -0.39 is 17.5 Å². The van der Waals surface area contributed by atoms with Crippen molar-refractivity contribution in [1.82, 2.24) is 0 Å². The van der Waals surface area contributed by atoms with Crippen molar-refractivity contribution in [3.63, 3.8) is 0 Å². The Morgan fingerprint density at radius 3 is 2.11 bits per heavy atom. The van der Waals surface area contributed by atoms with Crippen LogP contribution in [0.5, 0.6) is 5.75 Å². The molecule has 0 atom stereocenters. The molecule has 5 heteroatoms. The zero-order chi connectivity index (χ0) is 13.3. The lowest BCUT2D eigenvalue weighted by molar-refractivity contribution is -0.137. The number of halogens is 4. The molecule has 0 aromatic heterocycles. The first kappa shape index (κ1) is 12.8. The van der Waals surface area contributed by atoms with E-state index in [1.165, 1.54) is 24.3 Å². The number of alkyl halides is 3. The maximum Gasteiger partial charge on any atom is 0.417 e. The van der Waals surface area contributed by atoms with Crippen molar-refractivity contribution in [3.05, 3.63) is 53.1 Å². The maximum absolute atomic E-state index is 12.8. The number of rotatable bonds is 1. The second-order valence-corrected chi connectivity index (χ2v) is 4.12. The van der Waals surface area contributed by atoms with E-state index in [-0.39, 0.29) is 11.1 Å². The van der Waals surface area contributed by atoms with E-state index in [4.69, 9.17) is 11.6 Å². The van der Waals surface area contributed by atoms with Gasteiger partial charge in [0, 0.05) is 10.6 Å². The minimum Gasteiger partial charge on any atom is -0.289 e. The van der Waals surface area contributed by atoms with Gasteiger partial charge in [-0.05, 0) is 29.8 Å². The molecule has 0 amide bonds. The van der Waals surface area contributed by atoms with E-state index in [0.29, 0.717) is 5.02 Å².